The van der Waals surface area contributed by atoms with Gasteiger partial charge in [-0.15, -0.1) is 0 Å². The summed E-state index contributed by atoms with van der Waals surface area (Å²) in [6.45, 7) is 0.621. The highest BCUT2D eigenvalue weighted by Crippen LogP contribution is 2.37. The van der Waals surface area contributed by atoms with Gasteiger partial charge in [0.05, 0.1) is 24.5 Å². The summed E-state index contributed by atoms with van der Waals surface area (Å²) in [5.74, 6) is -0.0266. The van der Waals surface area contributed by atoms with Crippen LogP contribution in [0.2, 0.25) is 5.02 Å². The van der Waals surface area contributed by atoms with E-state index in [9.17, 15) is 4.79 Å². The molecule has 102 valence electrons. The van der Waals surface area contributed by atoms with Crippen LogP contribution in [0.1, 0.15) is 12.0 Å². The SMILES string of the molecule is O=C(O)CON=Cc1cc(Cl)c2c(c1)OCCCO2. The molecule has 0 radical (unpaired) electrons. The molecular weight excluding hydrogens is 274 g/mol. The van der Waals surface area contributed by atoms with Crippen molar-refractivity contribution in [1.82, 2.24) is 0 Å². The van der Waals surface area contributed by atoms with Gasteiger partial charge in [0.1, 0.15) is 0 Å². The normalized spacial score (nSPS) is 14.2. The summed E-state index contributed by atoms with van der Waals surface area (Å²) in [6.07, 6.45) is 2.15. The van der Waals surface area contributed by atoms with Crippen molar-refractivity contribution in [2.24, 2.45) is 5.16 Å². The number of carboxylic acids is 1. The van der Waals surface area contributed by atoms with Gasteiger partial charge in [-0.3, -0.25) is 0 Å². The van der Waals surface area contributed by atoms with Crippen molar-refractivity contribution in [1.29, 1.82) is 0 Å². The highest BCUT2D eigenvalue weighted by atomic mass is 35.5. The lowest BCUT2D eigenvalue weighted by Crippen LogP contribution is -2.03. The Balaban J connectivity index is 2.12. The standard InChI is InChI=1S/C12H12ClNO5/c13-9-4-8(6-14-19-7-11(15)16)5-10-12(9)18-3-1-2-17-10/h4-6H,1-3,7H2,(H,15,16). The van der Waals surface area contributed by atoms with Crippen LogP contribution in [-0.2, 0) is 9.63 Å². The summed E-state index contributed by atoms with van der Waals surface area (Å²) in [5.41, 5.74) is 0.639. The quantitative estimate of drug-likeness (QED) is 0.676. The number of hydrogen-bond donors (Lipinski definition) is 1. The van der Waals surface area contributed by atoms with Crippen molar-refractivity contribution in [3.8, 4) is 11.5 Å². The molecule has 1 aliphatic rings. The molecule has 7 heteroatoms. The van der Waals surface area contributed by atoms with Gasteiger partial charge < -0.3 is 19.4 Å². The van der Waals surface area contributed by atoms with Crippen LogP contribution >= 0.6 is 11.6 Å². The van der Waals surface area contributed by atoms with E-state index in [2.05, 4.69) is 9.99 Å². The van der Waals surface area contributed by atoms with E-state index in [1.807, 2.05) is 0 Å². The minimum atomic E-state index is -1.09. The van der Waals surface area contributed by atoms with E-state index in [0.717, 1.165) is 6.42 Å². The maximum atomic E-state index is 10.2. The molecule has 0 saturated heterocycles. The highest BCUT2D eigenvalue weighted by Gasteiger charge is 2.15. The Labute approximate surface area is 114 Å². The molecule has 2 rings (SSSR count). The Kier molecular flexibility index (Phi) is 4.46. The predicted molar refractivity (Wildman–Crippen MR) is 68.2 cm³/mol. The van der Waals surface area contributed by atoms with E-state index in [-0.39, 0.29) is 0 Å². The summed E-state index contributed by atoms with van der Waals surface area (Å²) in [7, 11) is 0. The summed E-state index contributed by atoms with van der Waals surface area (Å²) >= 11 is 6.08. The second kappa shape index (κ2) is 6.29. The zero-order chi connectivity index (χ0) is 13.7. The van der Waals surface area contributed by atoms with Crippen LogP contribution in [0.5, 0.6) is 11.5 Å². The van der Waals surface area contributed by atoms with Crippen LogP contribution in [0, 0.1) is 0 Å². The zero-order valence-corrected chi connectivity index (χ0v) is 10.7. The fraction of sp³-hybridized carbons (Fsp3) is 0.333. The van der Waals surface area contributed by atoms with Gasteiger partial charge in [0.25, 0.3) is 0 Å². The number of rotatable bonds is 4. The number of fused-ring (bicyclic) bond motifs is 1. The van der Waals surface area contributed by atoms with Crippen molar-refractivity contribution in [3.63, 3.8) is 0 Å². The average molecular weight is 286 g/mol. The first-order valence-electron chi connectivity index (χ1n) is 5.63. The number of nitrogens with zero attached hydrogens (tertiary/aromatic N) is 1. The van der Waals surface area contributed by atoms with Crippen molar-refractivity contribution < 1.29 is 24.2 Å². The van der Waals surface area contributed by atoms with Crippen molar-refractivity contribution in [2.45, 2.75) is 6.42 Å². The fourth-order valence-electron chi connectivity index (χ4n) is 1.52. The van der Waals surface area contributed by atoms with Crippen LogP contribution in [0.3, 0.4) is 0 Å². The minimum absolute atomic E-state index is 0.416. The first-order chi connectivity index (χ1) is 9.16. The van der Waals surface area contributed by atoms with Crippen LogP contribution in [0.4, 0.5) is 0 Å². The minimum Gasteiger partial charge on any atom is -0.489 e. The van der Waals surface area contributed by atoms with E-state index >= 15 is 0 Å². The van der Waals surface area contributed by atoms with Crippen LogP contribution in [0.25, 0.3) is 0 Å². The largest absolute Gasteiger partial charge is 0.489 e. The van der Waals surface area contributed by atoms with E-state index in [4.69, 9.17) is 26.2 Å². The molecule has 6 nitrogen and oxygen atoms in total. The Bertz CT molecular complexity index is 503. The number of carboxylic acid groups (broad SMARTS) is 1. The maximum Gasteiger partial charge on any atom is 0.344 e. The molecule has 1 N–H and O–H groups in total. The molecule has 1 aromatic rings. The molecular formula is C12H12ClNO5. The topological polar surface area (TPSA) is 77.4 Å². The van der Waals surface area contributed by atoms with E-state index in [1.165, 1.54) is 6.21 Å². The summed E-state index contributed by atoms with van der Waals surface area (Å²) in [4.78, 5) is 14.8. The van der Waals surface area contributed by atoms with Gasteiger partial charge in [-0.2, -0.15) is 0 Å². The number of benzene rings is 1. The smallest absolute Gasteiger partial charge is 0.344 e. The Morgan fingerprint density at radius 2 is 2.26 bits per heavy atom. The van der Waals surface area contributed by atoms with Gasteiger partial charge in [0.15, 0.2) is 11.5 Å². The lowest BCUT2D eigenvalue weighted by Gasteiger charge is -2.09. The molecule has 0 fully saturated rings. The molecule has 0 aliphatic carbocycles. The van der Waals surface area contributed by atoms with Gasteiger partial charge in [-0.1, -0.05) is 16.8 Å². The first-order valence-corrected chi connectivity index (χ1v) is 6.01. The number of ether oxygens (including phenoxy) is 2. The summed E-state index contributed by atoms with van der Waals surface area (Å²) < 4.78 is 11.0. The van der Waals surface area contributed by atoms with E-state index in [1.54, 1.807) is 12.1 Å². The van der Waals surface area contributed by atoms with Gasteiger partial charge in [0, 0.05) is 12.0 Å². The van der Waals surface area contributed by atoms with Gasteiger partial charge in [0.2, 0.25) is 6.61 Å². The van der Waals surface area contributed by atoms with Gasteiger partial charge in [-0.05, 0) is 12.1 Å². The molecule has 0 unspecified atom stereocenters. The number of oxime groups is 1. The molecule has 0 bridgehead atoms. The summed E-state index contributed by atoms with van der Waals surface area (Å²) in [5, 5.41) is 12.3. The molecule has 0 atom stereocenters. The van der Waals surface area contributed by atoms with E-state index in [0.29, 0.717) is 35.3 Å². The Hall–Kier alpha value is -1.95. The molecule has 0 saturated carbocycles. The van der Waals surface area contributed by atoms with Gasteiger partial charge >= 0.3 is 5.97 Å². The third kappa shape index (κ3) is 3.75. The lowest BCUT2D eigenvalue weighted by atomic mass is 10.2. The second-order valence-electron chi connectivity index (χ2n) is 3.78. The molecule has 0 amide bonds. The predicted octanol–water partition coefficient (Wildman–Crippen LogP) is 1.94. The molecule has 0 spiro atoms. The molecule has 1 aromatic carbocycles. The van der Waals surface area contributed by atoms with Gasteiger partial charge in [-0.25, -0.2) is 4.79 Å². The zero-order valence-electron chi connectivity index (χ0n) is 9.97. The van der Waals surface area contributed by atoms with Crippen LogP contribution in [-0.4, -0.2) is 37.1 Å². The third-order valence-electron chi connectivity index (χ3n) is 2.29. The number of hydrogen-bond acceptors (Lipinski definition) is 5. The average Bonchev–Trinajstić information content (AvgIpc) is 2.60. The van der Waals surface area contributed by atoms with Crippen LogP contribution < -0.4 is 9.47 Å². The number of carbonyl (C=O) groups is 1. The van der Waals surface area contributed by atoms with E-state index < -0.39 is 12.6 Å². The maximum absolute atomic E-state index is 10.2. The monoisotopic (exact) mass is 285 g/mol. The third-order valence-corrected chi connectivity index (χ3v) is 2.57. The van der Waals surface area contributed by atoms with Crippen molar-refractivity contribution in [3.05, 3.63) is 22.7 Å². The molecule has 1 aliphatic heterocycles. The number of aliphatic carboxylic acids is 1. The fourth-order valence-corrected chi connectivity index (χ4v) is 1.79. The number of halogens is 1. The summed E-state index contributed by atoms with van der Waals surface area (Å²) in [6, 6.07) is 3.35. The van der Waals surface area contributed by atoms with Crippen molar-refractivity contribution in [2.75, 3.05) is 19.8 Å². The lowest BCUT2D eigenvalue weighted by molar-refractivity contribution is -0.142. The molecule has 1 heterocycles. The van der Waals surface area contributed by atoms with Crippen LogP contribution in [0.15, 0.2) is 17.3 Å². The molecule has 0 aromatic heterocycles. The Morgan fingerprint density at radius 3 is 3.05 bits per heavy atom. The molecule has 19 heavy (non-hydrogen) atoms. The first kappa shape index (κ1) is 13.5. The van der Waals surface area contributed by atoms with Crippen molar-refractivity contribution >= 4 is 23.8 Å². The second-order valence-corrected chi connectivity index (χ2v) is 4.19. The highest BCUT2D eigenvalue weighted by molar-refractivity contribution is 6.32. The Morgan fingerprint density at radius 1 is 1.47 bits per heavy atom.